The number of Topliss-reactive ketones (excluding diaryl/α,β-unsaturated/α-hetero) is 1. The third-order valence-corrected chi connectivity index (χ3v) is 5.80. The molecule has 168 valence electrons. The SMILES string of the molecule is CCCN(C(=O)c1ccccc1Cl)C(C)C(=O)c1c(C)c(C(=O)OCC)n(CC)c1C. The first-order valence-electron chi connectivity index (χ1n) is 10.7. The van der Waals surface area contributed by atoms with Crippen molar-refractivity contribution in [3.63, 3.8) is 0 Å². The largest absolute Gasteiger partial charge is 0.461 e. The number of carbonyl (C=O) groups excluding carboxylic acids is 3. The van der Waals surface area contributed by atoms with Crippen LogP contribution in [0.4, 0.5) is 0 Å². The van der Waals surface area contributed by atoms with Crippen LogP contribution in [-0.2, 0) is 11.3 Å². The average Bonchev–Trinajstić information content (AvgIpc) is 3.00. The van der Waals surface area contributed by atoms with E-state index >= 15 is 0 Å². The number of hydrogen-bond acceptors (Lipinski definition) is 4. The molecular weight excluding hydrogens is 416 g/mol. The zero-order valence-electron chi connectivity index (χ0n) is 19.1. The van der Waals surface area contributed by atoms with Gasteiger partial charge in [0.15, 0.2) is 5.78 Å². The molecule has 2 rings (SSSR count). The highest BCUT2D eigenvalue weighted by molar-refractivity contribution is 6.33. The molecule has 1 aromatic heterocycles. The van der Waals surface area contributed by atoms with Crippen molar-refractivity contribution in [3.05, 3.63) is 57.4 Å². The lowest BCUT2D eigenvalue weighted by Crippen LogP contribution is -2.44. The van der Waals surface area contributed by atoms with Gasteiger partial charge in [0, 0.05) is 24.3 Å². The number of aromatic nitrogens is 1. The molecule has 1 unspecified atom stereocenters. The monoisotopic (exact) mass is 446 g/mol. The second-order valence-corrected chi connectivity index (χ2v) is 7.82. The van der Waals surface area contributed by atoms with Crippen molar-refractivity contribution in [2.45, 2.75) is 60.5 Å². The summed E-state index contributed by atoms with van der Waals surface area (Å²) in [7, 11) is 0. The van der Waals surface area contributed by atoms with Crippen LogP contribution in [-0.4, -0.2) is 46.3 Å². The zero-order chi connectivity index (χ0) is 23.3. The number of benzene rings is 1. The number of amides is 1. The Labute approximate surface area is 189 Å². The minimum Gasteiger partial charge on any atom is -0.461 e. The lowest BCUT2D eigenvalue weighted by atomic mass is 9.99. The molecule has 1 heterocycles. The van der Waals surface area contributed by atoms with Crippen molar-refractivity contribution in [1.29, 1.82) is 0 Å². The van der Waals surface area contributed by atoms with Crippen LogP contribution < -0.4 is 0 Å². The topological polar surface area (TPSA) is 68.6 Å². The van der Waals surface area contributed by atoms with Crippen molar-refractivity contribution < 1.29 is 19.1 Å². The number of carbonyl (C=O) groups is 3. The minimum absolute atomic E-state index is 0.207. The van der Waals surface area contributed by atoms with Gasteiger partial charge < -0.3 is 14.2 Å². The van der Waals surface area contributed by atoms with Crippen molar-refractivity contribution in [2.75, 3.05) is 13.2 Å². The second-order valence-electron chi connectivity index (χ2n) is 7.42. The van der Waals surface area contributed by atoms with E-state index in [1.807, 2.05) is 20.8 Å². The first kappa shape index (κ1) is 24.7. The van der Waals surface area contributed by atoms with E-state index in [1.165, 1.54) is 0 Å². The average molecular weight is 447 g/mol. The van der Waals surface area contributed by atoms with Crippen LogP contribution in [0.1, 0.15) is 76.6 Å². The summed E-state index contributed by atoms with van der Waals surface area (Å²) < 4.78 is 7.00. The Balaban J connectivity index is 2.50. The Morgan fingerprint density at radius 1 is 1.13 bits per heavy atom. The maximum Gasteiger partial charge on any atom is 0.355 e. The van der Waals surface area contributed by atoms with Crippen LogP contribution in [0, 0.1) is 13.8 Å². The molecule has 0 fully saturated rings. The predicted octanol–water partition coefficient (Wildman–Crippen LogP) is 5.08. The molecule has 0 aliphatic carbocycles. The van der Waals surface area contributed by atoms with Gasteiger partial charge in [-0.3, -0.25) is 9.59 Å². The van der Waals surface area contributed by atoms with E-state index in [0.717, 1.165) is 0 Å². The molecule has 1 amide bonds. The fourth-order valence-corrected chi connectivity index (χ4v) is 4.18. The number of ketones is 1. The highest BCUT2D eigenvalue weighted by Crippen LogP contribution is 2.27. The van der Waals surface area contributed by atoms with E-state index in [-0.39, 0.29) is 18.3 Å². The highest BCUT2D eigenvalue weighted by Gasteiger charge is 2.33. The molecule has 0 aliphatic rings. The second kappa shape index (κ2) is 10.6. The van der Waals surface area contributed by atoms with Gasteiger partial charge in [0.05, 0.1) is 23.2 Å². The van der Waals surface area contributed by atoms with E-state index < -0.39 is 12.0 Å². The van der Waals surface area contributed by atoms with Crippen LogP contribution in [0.25, 0.3) is 0 Å². The maximum atomic E-state index is 13.6. The Morgan fingerprint density at radius 2 is 1.77 bits per heavy atom. The van der Waals surface area contributed by atoms with Crippen LogP contribution in [0.2, 0.25) is 5.02 Å². The molecule has 0 N–H and O–H groups in total. The Bertz CT molecular complexity index is 980. The normalized spacial score (nSPS) is 11.8. The van der Waals surface area contributed by atoms with E-state index in [9.17, 15) is 14.4 Å². The van der Waals surface area contributed by atoms with E-state index in [1.54, 1.807) is 54.5 Å². The quantitative estimate of drug-likeness (QED) is 0.398. The van der Waals surface area contributed by atoms with Gasteiger partial charge in [-0.2, -0.15) is 0 Å². The first-order chi connectivity index (χ1) is 14.7. The molecule has 0 saturated heterocycles. The standard InChI is InChI=1S/C24H31ClN2O4/c1-7-14-27(23(29)18-12-10-11-13-19(18)25)17(6)22(28)20-15(4)21(24(30)31-9-3)26(8-2)16(20)5/h10-13,17H,7-9,14H2,1-6H3. The van der Waals surface area contributed by atoms with E-state index in [0.29, 0.717) is 52.6 Å². The predicted molar refractivity (Wildman–Crippen MR) is 122 cm³/mol. The summed E-state index contributed by atoms with van der Waals surface area (Å²) in [4.78, 5) is 40.9. The molecule has 0 aliphatic heterocycles. The Kier molecular flexibility index (Phi) is 8.45. The van der Waals surface area contributed by atoms with Gasteiger partial charge in [-0.05, 0) is 58.7 Å². The summed E-state index contributed by atoms with van der Waals surface area (Å²) in [6, 6.07) is 6.11. The maximum absolute atomic E-state index is 13.6. The van der Waals surface area contributed by atoms with Gasteiger partial charge in [0.2, 0.25) is 0 Å². The summed E-state index contributed by atoms with van der Waals surface area (Å²) in [5, 5.41) is 0.349. The molecule has 0 saturated carbocycles. The Hall–Kier alpha value is -2.60. The zero-order valence-corrected chi connectivity index (χ0v) is 19.9. The van der Waals surface area contributed by atoms with Crippen LogP contribution in [0.15, 0.2) is 24.3 Å². The number of hydrogen-bond donors (Lipinski definition) is 0. The van der Waals surface area contributed by atoms with Crippen LogP contribution in [0.5, 0.6) is 0 Å². The summed E-state index contributed by atoms with van der Waals surface area (Å²) in [6.07, 6.45) is 0.690. The van der Waals surface area contributed by atoms with Crippen LogP contribution >= 0.6 is 11.6 Å². The Morgan fingerprint density at radius 3 is 2.32 bits per heavy atom. The summed E-state index contributed by atoms with van der Waals surface area (Å²) in [5.41, 5.74) is 2.49. The molecule has 0 radical (unpaired) electrons. The molecule has 0 bridgehead atoms. The summed E-state index contributed by atoms with van der Waals surface area (Å²) >= 11 is 6.24. The van der Waals surface area contributed by atoms with Crippen molar-refractivity contribution >= 4 is 29.3 Å². The van der Waals surface area contributed by atoms with Crippen molar-refractivity contribution in [3.8, 4) is 0 Å². The lowest BCUT2D eigenvalue weighted by molar-refractivity contribution is 0.0512. The molecule has 1 atom stereocenters. The lowest BCUT2D eigenvalue weighted by Gasteiger charge is -2.28. The van der Waals surface area contributed by atoms with Gasteiger partial charge in [0.25, 0.3) is 5.91 Å². The number of ether oxygens (including phenoxy) is 1. The molecule has 1 aromatic carbocycles. The van der Waals surface area contributed by atoms with Gasteiger partial charge in [-0.15, -0.1) is 0 Å². The number of rotatable bonds is 9. The third-order valence-electron chi connectivity index (χ3n) is 5.47. The summed E-state index contributed by atoms with van der Waals surface area (Å²) in [6.45, 7) is 12.1. The smallest absolute Gasteiger partial charge is 0.355 e. The third kappa shape index (κ3) is 4.85. The molecular formula is C24H31ClN2O4. The van der Waals surface area contributed by atoms with Gasteiger partial charge in [-0.25, -0.2) is 4.79 Å². The minimum atomic E-state index is -0.719. The van der Waals surface area contributed by atoms with Crippen LogP contribution in [0.3, 0.4) is 0 Å². The number of halogens is 1. The molecule has 31 heavy (non-hydrogen) atoms. The molecule has 6 nitrogen and oxygen atoms in total. The van der Waals surface area contributed by atoms with Crippen molar-refractivity contribution in [1.82, 2.24) is 9.47 Å². The first-order valence-corrected chi connectivity index (χ1v) is 11.0. The highest BCUT2D eigenvalue weighted by atomic mass is 35.5. The van der Waals surface area contributed by atoms with Gasteiger partial charge >= 0.3 is 5.97 Å². The van der Waals surface area contributed by atoms with E-state index in [2.05, 4.69) is 0 Å². The van der Waals surface area contributed by atoms with Gasteiger partial charge in [-0.1, -0.05) is 30.7 Å². The number of nitrogens with zero attached hydrogens (tertiary/aromatic N) is 2. The molecule has 7 heteroatoms. The van der Waals surface area contributed by atoms with E-state index in [4.69, 9.17) is 16.3 Å². The van der Waals surface area contributed by atoms with Crippen molar-refractivity contribution in [2.24, 2.45) is 0 Å². The summed E-state index contributed by atoms with van der Waals surface area (Å²) in [5.74, 6) is -0.944. The fraction of sp³-hybridized carbons (Fsp3) is 0.458. The van der Waals surface area contributed by atoms with Gasteiger partial charge in [0.1, 0.15) is 5.69 Å². The number of esters is 1. The molecule has 0 spiro atoms. The molecule has 2 aromatic rings. The fourth-order valence-electron chi connectivity index (χ4n) is 3.97.